The maximum absolute atomic E-state index is 13.9. The second-order valence-corrected chi connectivity index (χ2v) is 15.6. The molecule has 2 aliphatic carbocycles. The molecule has 0 radical (unpaired) electrons. The minimum Gasteiger partial charge on any atom is -0.301 e. The topological polar surface area (TPSA) is 52.7 Å². The first-order chi connectivity index (χ1) is 20.5. The first kappa shape index (κ1) is 30.1. The van der Waals surface area contributed by atoms with Gasteiger partial charge in [-0.25, -0.2) is 8.42 Å². The van der Waals surface area contributed by atoms with Gasteiger partial charge in [0.05, 0.1) is 24.2 Å². The molecule has 6 heteroatoms. The first-order valence-corrected chi connectivity index (χ1v) is 17.1. The van der Waals surface area contributed by atoms with E-state index in [1.54, 1.807) is 12.1 Å². The first-order valence-electron chi connectivity index (χ1n) is 15.7. The number of hydrogen-bond acceptors (Lipinski definition) is 4. The van der Waals surface area contributed by atoms with E-state index in [-0.39, 0.29) is 30.0 Å². The molecule has 2 bridgehead atoms. The van der Waals surface area contributed by atoms with Crippen LogP contribution in [0, 0.1) is 41.4 Å². The third kappa shape index (κ3) is 5.25. The molecule has 1 saturated heterocycles. The summed E-state index contributed by atoms with van der Waals surface area (Å²) in [5, 5.41) is 3.84. The molecule has 226 valence electrons. The van der Waals surface area contributed by atoms with Crippen molar-refractivity contribution in [2.24, 2.45) is 22.7 Å². The summed E-state index contributed by atoms with van der Waals surface area (Å²) >= 11 is 0. The van der Waals surface area contributed by atoms with E-state index in [1.165, 1.54) is 17.1 Å². The van der Waals surface area contributed by atoms with Gasteiger partial charge in [-0.05, 0) is 72.6 Å². The van der Waals surface area contributed by atoms with E-state index in [2.05, 4.69) is 74.0 Å². The molecule has 3 aromatic carbocycles. The minimum atomic E-state index is -3.75. The van der Waals surface area contributed by atoms with Gasteiger partial charge in [-0.15, -0.1) is 0 Å². The quantitative estimate of drug-likeness (QED) is 0.312. The van der Waals surface area contributed by atoms with Crippen LogP contribution in [0.5, 0.6) is 0 Å². The number of sulfonamides is 1. The number of fused-ring (bicyclic) bond motifs is 5. The van der Waals surface area contributed by atoms with Crippen LogP contribution in [-0.2, 0) is 16.6 Å². The second kappa shape index (κ2) is 11.5. The van der Waals surface area contributed by atoms with Crippen molar-refractivity contribution in [3.63, 3.8) is 0 Å². The van der Waals surface area contributed by atoms with E-state index in [0.29, 0.717) is 28.8 Å². The zero-order valence-electron chi connectivity index (χ0n) is 26.1. The van der Waals surface area contributed by atoms with Crippen molar-refractivity contribution < 1.29 is 8.42 Å². The molecule has 3 aromatic rings. The Morgan fingerprint density at radius 2 is 1.63 bits per heavy atom. The summed E-state index contributed by atoms with van der Waals surface area (Å²) < 4.78 is 29.3. The molecule has 1 aliphatic heterocycles. The Kier molecular flexibility index (Phi) is 8.06. The van der Waals surface area contributed by atoms with E-state index in [9.17, 15) is 8.42 Å². The van der Waals surface area contributed by atoms with Crippen LogP contribution in [0.15, 0.2) is 89.8 Å². The molecule has 0 amide bonds. The Hall–Kier alpha value is -2.95. The van der Waals surface area contributed by atoms with Gasteiger partial charge in [0, 0.05) is 18.6 Å². The molecule has 1 N–H and O–H groups in total. The van der Waals surface area contributed by atoms with Gasteiger partial charge in [0.15, 0.2) is 0 Å². The van der Waals surface area contributed by atoms with Gasteiger partial charge in [0.1, 0.15) is 0 Å². The Morgan fingerprint density at radius 1 is 0.977 bits per heavy atom. The van der Waals surface area contributed by atoms with Crippen LogP contribution >= 0.6 is 0 Å². The van der Waals surface area contributed by atoms with Gasteiger partial charge in [-0.2, -0.15) is 4.31 Å². The lowest BCUT2D eigenvalue weighted by molar-refractivity contribution is -0.0179. The number of aryl methyl sites for hydroxylation is 1. The maximum atomic E-state index is 13.9. The molecule has 2 saturated carbocycles. The molecule has 43 heavy (non-hydrogen) atoms. The van der Waals surface area contributed by atoms with Gasteiger partial charge in [0.25, 0.3) is 0 Å². The van der Waals surface area contributed by atoms with Crippen LogP contribution in [0.4, 0.5) is 0 Å². The fourth-order valence-electron chi connectivity index (χ4n) is 8.51. The highest BCUT2D eigenvalue weighted by atomic mass is 32.2. The van der Waals surface area contributed by atoms with Gasteiger partial charge in [-0.1, -0.05) is 111 Å². The third-order valence-electron chi connectivity index (χ3n) is 11.2. The van der Waals surface area contributed by atoms with Gasteiger partial charge in [-0.3, -0.25) is 4.90 Å². The molecule has 6 atom stereocenters. The smallest absolute Gasteiger partial charge is 0.244 e. The van der Waals surface area contributed by atoms with E-state index in [4.69, 9.17) is 0 Å². The van der Waals surface area contributed by atoms with E-state index < -0.39 is 10.0 Å². The highest BCUT2D eigenvalue weighted by molar-refractivity contribution is 7.89. The summed E-state index contributed by atoms with van der Waals surface area (Å²) in [4.78, 5) is 2.89. The zero-order valence-corrected chi connectivity index (χ0v) is 26.9. The predicted octanol–water partition coefficient (Wildman–Crippen LogP) is 6.62. The third-order valence-corrected chi connectivity index (χ3v) is 13.0. The monoisotopic (exact) mass is 595 g/mol. The Bertz CT molecular complexity index is 1590. The summed E-state index contributed by atoms with van der Waals surface area (Å²) in [6.07, 6.45) is 2.53. The highest BCUT2D eigenvalue weighted by Gasteiger charge is 2.69. The zero-order chi connectivity index (χ0) is 30.4. The standard InChI is InChI=1S/C37H45N3O2S/c1-27-18-20-31(21-19-27)43(41,42)39(25-29-13-8-6-9-14-29)24-12-17-33(30-15-10-7-11-16-30)40-26-38-28(2)34-35(40)32-22-23-37(34,5)36(32,3)4/h6-11,13-16,18-21,28,32-35,38H,22-26H2,1-5H3/t28?,32-,33-,34-,35-,37+/m1/s1. The minimum absolute atomic E-state index is 0.118. The largest absolute Gasteiger partial charge is 0.301 e. The fraction of sp³-hybridized carbons (Fsp3) is 0.459. The molecule has 0 aromatic heterocycles. The van der Waals surface area contributed by atoms with Crippen molar-refractivity contribution in [3.05, 3.63) is 102 Å². The molecule has 3 fully saturated rings. The van der Waals surface area contributed by atoms with Crippen LogP contribution in [0.1, 0.15) is 63.3 Å². The van der Waals surface area contributed by atoms with Crippen LogP contribution in [0.3, 0.4) is 0 Å². The Balaban J connectivity index is 1.35. The normalized spacial score (nSPS) is 28.7. The average molecular weight is 596 g/mol. The number of benzene rings is 3. The van der Waals surface area contributed by atoms with Crippen LogP contribution in [0.2, 0.25) is 0 Å². The van der Waals surface area contributed by atoms with Crippen LogP contribution in [-0.4, -0.2) is 42.9 Å². The summed E-state index contributed by atoms with van der Waals surface area (Å²) in [7, 11) is -3.75. The molecule has 3 aliphatic rings. The lowest BCUT2D eigenvalue weighted by Crippen LogP contribution is -2.62. The Labute approximate surface area is 258 Å². The Morgan fingerprint density at radius 3 is 2.30 bits per heavy atom. The van der Waals surface area contributed by atoms with Gasteiger partial charge >= 0.3 is 0 Å². The average Bonchev–Trinajstić information content (AvgIpc) is 3.34. The summed E-state index contributed by atoms with van der Waals surface area (Å²) in [6.45, 7) is 13.0. The number of nitrogens with one attached hydrogen (secondary N) is 1. The highest BCUT2D eigenvalue weighted by Crippen LogP contribution is 2.70. The molecular weight excluding hydrogens is 550 g/mol. The fourth-order valence-corrected chi connectivity index (χ4v) is 9.84. The van der Waals surface area contributed by atoms with Crippen molar-refractivity contribution >= 4 is 10.0 Å². The van der Waals surface area contributed by atoms with Crippen molar-refractivity contribution in [2.45, 2.75) is 77.0 Å². The molecule has 1 heterocycles. The summed E-state index contributed by atoms with van der Waals surface area (Å²) in [6, 6.07) is 28.1. The van der Waals surface area contributed by atoms with Crippen molar-refractivity contribution in [1.29, 1.82) is 0 Å². The maximum Gasteiger partial charge on any atom is 0.244 e. The van der Waals surface area contributed by atoms with Crippen molar-refractivity contribution in [2.75, 3.05) is 13.2 Å². The SMILES string of the molecule is Cc1ccc(S(=O)(=O)N(CC#C[C@H](c2ccccc2)N2CNC(C)[C@@H]3[C@H]2[C@H]2CC[C@]3(C)C2(C)C)Cc2ccccc2)cc1. The number of nitrogens with zero attached hydrogens (tertiary/aromatic N) is 2. The molecular formula is C37H45N3O2S. The molecule has 6 rings (SSSR count). The van der Waals surface area contributed by atoms with Crippen LogP contribution in [0.25, 0.3) is 0 Å². The molecule has 5 nitrogen and oxygen atoms in total. The van der Waals surface area contributed by atoms with E-state index in [1.807, 2.05) is 55.5 Å². The summed E-state index contributed by atoms with van der Waals surface area (Å²) in [5.74, 6) is 8.14. The van der Waals surface area contributed by atoms with Gasteiger partial charge < -0.3 is 5.32 Å². The lowest BCUT2D eigenvalue weighted by atomic mass is 9.64. The summed E-state index contributed by atoms with van der Waals surface area (Å²) in [5.41, 5.74) is 3.65. The van der Waals surface area contributed by atoms with Crippen LogP contribution < -0.4 is 5.32 Å². The second-order valence-electron chi connectivity index (χ2n) is 13.7. The number of rotatable bonds is 7. The van der Waals surface area contributed by atoms with Gasteiger partial charge in [0.2, 0.25) is 10.0 Å². The van der Waals surface area contributed by atoms with E-state index >= 15 is 0 Å². The van der Waals surface area contributed by atoms with Crippen molar-refractivity contribution in [3.8, 4) is 11.8 Å². The van der Waals surface area contributed by atoms with E-state index in [0.717, 1.165) is 23.4 Å². The number of hydrogen-bond donors (Lipinski definition) is 1. The predicted molar refractivity (Wildman–Crippen MR) is 173 cm³/mol. The molecule has 0 spiro atoms. The van der Waals surface area contributed by atoms with Crippen molar-refractivity contribution in [1.82, 2.24) is 14.5 Å². The molecule has 1 unspecified atom stereocenters. The lowest BCUT2D eigenvalue weighted by Gasteiger charge is -2.52.